The number of fused-ring (bicyclic) bond motifs is 1. The first kappa shape index (κ1) is 13.2. The van der Waals surface area contributed by atoms with E-state index < -0.39 is 5.97 Å². The molecule has 7 nitrogen and oxygen atoms in total. The summed E-state index contributed by atoms with van der Waals surface area (Å²) >= 11 is 0. The van der Waals surface area contributed by atoms with E-state index in [2.05, 4.69) is 25.6 Å². The first-order chi connectivity index (χ1) is 11.2. The second kappa shape index (κ2) is 5.06. The predicted molar refractivity (Wildman–Crippen MR) is 83.9 cm³/mol. The number of hydrogen-bond donors (Lipinski definition) is 3. The molecule has 0 saturated carbocycles. The minimum absolute atomic E-state index is 0.0161. The lowest BCUT2D eigenvalue weighted by Crippen LogP contribution is -1.99. The van der Waals surface area contributed by atoms with Gasteiger partial charge in [0.25, 0.3) is 0 Å². The Balaban J connectivity index is 1.72. The van der Waals surface area contributed by atoms with Crippen LogP contribution in [-0.2, 0) is 0 Å². The number of nitrogens with zero attached hydrogens (tertiary/aromatic N) is 3. The average molecular weight is 305 g/mol. The fraction of sp³-hybridized carbons (Fsp3) is 0. The number of nitrogens with one attached hydrogen (secondary N) is 2. The van der Waals surface area contributed by atoms with Gasteiger partial charge in [0.15, 0.2) is 5.69 Å². The Morgan fingerprint density at radius 2 is 1.70 bits per heavy atom. The summed E-state index contributed by atoms with van der Waals surface area (Å²) in [5.74, 6) is -1.08. The van der Waals surface area contributed by atoms with Gasteiger partial charge in [-0.2, -0.15) is 5.10 Å². The number of carboxylic acids is 1. The van der Waals surface area contributed by atoms with E-state index in [1.165, 1.54) is 0 Å². The number of carbonyl (C=O) groups is 1. The maximum absolute atomic E-state index is 11.1. The lowest BCUT2D eigenvalue weighted by Gasteiger charge is -2.04. The normalized spacial score (nSPS) is 11.0. The first-order valence-corrected chi connectivity index (χ1v) is 6.90. The van der Waals surface area contributed by atoms with Gasteiger partial charge in [-0.1, -0.05) is 35.5 Å². The second-order valence-electron chi connectivity index (χ2n) is 5.09. The van der Waals surface area contributed by atoms with Crippen LogP contribution < -0.4 is 0 Å². The predicted octanol–water partition coefficient (Wildman–Crippen LogP) is 2.71. The van der Waals surface area contributed by atoms with Crippen LogP contribution in [-0.4, -0.2) is 36.7 Å². The molecule has 0 aliphatic rings. The molecule has 2 heterocycles. The monoisotopic (exact) mass is 305 g/mol. The summed E-state index contributed by atoms with van der Waals surface area (Å²) in [6.45, 7) is 0. The molecule has 2 aromatic heterocycles. The summed E-state index contributed by atoms with van der Waals surface area (Å²) in [6.07, 6.45) is 1.78. The molecule has 4 aromatic rings. The Kier molecular flexibility index (Phi) is 2.90. The van der Waals surface area contributed by atoms with Crippen molar-refractivity contribution in [2.45, 2.75) is 0 Å². The summed E-state index contributed by atoms with van der Waals surface area (Å²) in [7, 11) is 0. The van der Waals surface area contributed by atoms with E-state index in [0.29, 0.717) is 11.3 Å². The molecule has 3 N–H and O–H groups in total. The molecule has 7 heteroatoms. The first-order valence-electron chi connectivity index (χ1n) is 6.90. The molecule has 0 amide bonds. The van der Waals surface area contributed by atoms with Gasteiger partial charge in [0.1, 0.15) is 5.69 Å². The van der Waals surface area contributed by atoms with Crippen molar-refractivity contribution in [2.24, 2.45) is 0 Å². The summed E-state index contributed by atoms with van der Waals surface area (Å²) in [5.41, 5.74) is 4.08. The lowest BCUT2D eigenvalue weighted by molar-refractivity contribution is 0.0691. The molecule has 0 bridgehead atoms. The second-order valence-corrected chi connectivity index (χ2v) is 5.09. The van der Waals surface area contributed by atoms with Crippen molar-refractivity contribution < 1.29 is 9.90 Å². The topological polar surface area (TPSA) is 108 Å². The third-order valence-electron chi connectivity index (χ3n) is 3.69. The lowest BCUT2D eigenvalue weighted by atomic mass is 10.0. The third kappa shape index (κ3) is 2.24. The molecule has 0 atom stereocenters. The van der Waals surface area contributed by atoms with E-state index in [-0.39, 0.29) is 5.69 Å². The Hall–Kier alpha value is -3.48. The quantitative estimate of drug-likeness (QED) is 0.539. The van der Waals surface area contributed by atoms with Gasteiger partial charge >= 0.3 is 5.97 Å². The van der Waals surface area contributed by atoms with Crippen molar-refractivity contribution in [3.05, 3.63) is 54.4 Å². The van der Waals surface area contributed by atoms with Gasteiger partial charge in [-0.15, -0.1) is 5.10 Å². The van der Waals surface area contributed by atoms with Crippen LogP contribution in [0.15, 0.2) is 48.7 Å². The molecule has 0 spiro atoms. The fourth-order valence-electron chi connectivity index (χ4n) is 2.52. The fourth-order valence-corrected chi connectivity index (χ4v) is 2.52. The number of hydrogen-bond acceptors (Lipinski definition) is 4. The van der Waals surface area contributed by atoms with Crippen LogP contribution in [0.4, 0.5) is 0 Å². The van der Waals surface area contributed by atoms with Crippen LogP contribution in [0.25, 0.3) is 33.3 Å². The molecule has 112 valence electrons. The molecule has 2 aromatic carbocycles. The van der Waals surface area contributed by atoms with Gasteiger partial charge in [0.05, 0.1) is 11.7 Å². The van der Waals surface area contributed by atoms with E-state index in [1.807, 2.05) is 42.5 Å². The van der Waals surface area contributed by atoms with Gasteiger partial charge in [-0.3, -0.25) is 10.2 Å². The smallest absolute Gasteiger partial charge is 0.356 e. The van der Waals surface area contributed by atoms with Crippen molar-refractivity contribution in [3.63, 3.8) is 0 Å². The molecule has 0 unspecified atom stereocenters. The summed E-state index contributed by atoms with van der Waals surface area (Å²) in [6, 6.07) is 13.6. The minimum Gasteiger partial charge on any atom is -0.476 e. The molecule has 0 fully saturated rings. The van der Waals surface area contributed by atoms with Crippen LogP contribution in [0.5, 0.6) is 0 Å². The number of aromatic amines is 2. The van der Waals surface area contributed by atoms with Crippen molar-refractivity contribution in [1.82, 2.24) is 25.6 Å². The number of rotatable bonds is 3. The highest BCUT2D eigenvalue weighted by Gasteiger charge is 2.15. The Morgan fingerprint density at radius 3 is 2.48 bits per heavy atom. The Morgan fingerprint density at radius 1 is 0.957 bits per heavy atom. The van der Waals surface area contributed by atoms with Crippen molar-refractivity contribution in [3.8, 4) is 22.4 Å². The van der Waals surface area contributed by atoms with E-state index >= 15 is 0 Å². The highest BCUT2D eigenvalue weighted by molar-refractivity contribution is 5.92. The Labute approximate surface area is 130 Å². The number of benzene rings is 2. The van der Waals surface area contributed by atoms with Gasteiger partial charge in [0.2, 0.25) is 0 Å². The zero-order valence-corrected chi connectivity index (χ0v) is 11.8. The highest BCUT2D eigenvalue weighted by atomic mass is 16.4. The van der Waals surface area contributed by atoms with Crippen LogP contribution in [0.3, 0.4) is 0 Å². The van der Waals surface area contributed by atoms with E-state index in [4.69, 9.17) is 5.11 Å². The zero-order valence-electron chi connectivity index (χ0n) is 11.8. The Bertz CT molecular complexity index is 1000. The third-order valence-corrected chi connectivity index (χ3v) is 3.69. The van der Waals surface area contributed by atoms with Gasteiger partial charge in [0, 0.05) is 10.9 Å². The molecular weight excluding hydrogens is 294 g/mol. The van der Waals surface area contributed by atoms with E-state index in [0.717, 1.165) is 22.0 Å². The number of carboxylic acid groups (broad SMARTS) is 1. The average Bonchev–Trinajstić information content (AvgIpc) is 3.23. The molecule has 0 saturated heterocycles. The van der Waals surface area contributed by atoms with Crippen LogP contribution in [0.1, 0.15) is 10.5 Å². The number of H-pyrrole nitrogens is 2. The maximum atomic E-state index is 11.1. The highest BCUT2D eigenvalue weighted by Crippen LogP contribution is 2.27. The molecular formula is C16H11N5O2. The van der Waals surface area contributed by atoms with Crippen molar-refractivity contribution in [2.75, 3.05) is 0 Å². The summed E-state index contributed by atoms with van der Waals surface area (Å²) in [4.78, 5) is 11.1. The van der Waals surface area contributed by atoms with Gasteiger partial charge in [-0.25, -0.2) is 4.79 Å². The standard InChI is InChI=1S/C16H11N5O2/c22-16(23)15-14(19-21-20-15)10-3-1-9(2-4-10)11-5-6-13-12(7-11)8-17-18-13/h1-8H,(H,17,18)(H,22,23)(H,19,20,21). The molecule has 23 heavy (non-hydrogen) atoms. The van der Waals surface area contributed by atoms with Crippen LogP contribution >= 0.6 is 0 Å². The van der Waals surface area contributed by atoms with Crippen LogP contribution in [0.2, 0.25) is 0 Å². The molecule has 0 radical (unpaired) electrons. The van der Waals surface area contributed by atoms with Gasteiger partial charge < -0.3 is 5.11 Å². The van der Waals surface area contributed by atoms with Crippen molar-refractivity contribution in [1.29, 1.82) is 0 Å². The van der Waals surface area contributed by atoms with E-state index in [1.54, 1.807) is 6.20 Å². The summed E-state index contributed by atoms with van der Waals surface area (Å²) in [5, 5.41) is 26.9. The number of aromatic nitrogens is 5. The number of aromatic carboxylic acids is 1. The molecule has 0 aliphatic carbocycles. The van der Waals surface area contributed by atoms with Crippen molar-refractivity contribution >= 4 is 16.9 Å². The van der Waals surface area contributed by atoms with E-state index in [9.17, 15) is 4.79 Å². The largest absolute Gasteiger partial charge is 0.476 e. The maximum Gasteiger partial charge on any atom is 0.356 e. The SMILES string of the molecule is O=C(O)c1[nH]nnc1-c1ccc(-c2ccc3[nH]ncc3c2)cc1. The minimum atomic E-state index is -1.08. The van der Waals surface area contributed by atoms with Crippen LogP contribution in [0, 0.1) is 0 Å². The molecule has 4 rings (SSSR count). The summed E-state index contributed by atoms with van der Waals surface area (Å²) < 4.78 is 0. The van der Waals surface area contributed by atoms with Gasteiger partial charge in [-0.05, 0) is 23.3 Å². The zero-order chi connectivity index (χ0) is 15.8. The molecule has 0 aliphatic heterocycles.